The Balaban J connectivity index is 1.78. The third-order valence-corrected chi connectivity index (χ3v) is 7.48. The van der Waals surface area contributed by atoms with Crippen LogP contribution in [0.25, 0.3) is 22.7 Å². The third kappa shape index (κ3) is 4.11. The third-order valence-electron chi connectivity index (χ3n) is 5.44. The van der Waals surface area contributed by atoms with Crippen LogP contribution in [-0.4, -0.2) is 13.4 Å². The number of rotatable bonds is 6. The number of oxazole rings is 1. The highest BCUT2D eigenvalue weighted by molar-refractivity contribution is 7.91. The smallest absolute Gasteiger partial charge is 0.226 e. The molecule has 0 amide bonds. The molecule has 1 unspecified atom stereocenters. The minimum absolute atomic E-state index is 0.232. The zero-order valence-electron chi connectivity index (χ0n) is 17.7. The second kappa shape index (κ2) is 8.88. The van der Waals surface area contributed by atoms with Gasteiger partial charge in [0.1, 0.15) is 5.69 Å². The van der Waals surface area contributed by atoms with Crippen molar-refractivity contribution in [1.29, 1.82) is 0 Å². The molecular formula is C28H21NO3S. The largest absolute Gasteiger partial charge is 0.439 e. The monoisotopic (exact) mass is 451 g/mol. The van der Waals surface area contributed by atoms with E-state index in [-0.39, 0.29) is 4.90 Å². The Bertz CT molecular complexity index is 1450. The maximum absolute atomic E-state index is 14.0. The van der Waals surface area contributed by atoms with E-state index < -0.39 is 15.1 Å². The number of hydrogen-bond acceptors (Lipinski definition) is 4. The second-order valence-corrected chi connectivity index (χ2v) is 9.65. The predicted octanol–water partition coefficient (Wildman–Crippen LogP) is 6.57. The molecule has 5 rings (SSSR count). The fourth-order valence-corrected chi connectivity index (χ4v) is 5.63. The molecule has 0 aliphatic heterocycles. The van der Waals surface area contributed by atoms with E-state index in [9.17, 15) is 8.42 Å². The number of nitrogens with zero attached hydrogens (tertiary/aromatic N) is 1. The molecule has 1 atom stereocenters. The van der Waals surface area contributed by atoms with Crippen LogP contribution in [0.5, 0.6) is 0 Å². The molecule has 33 heavy (non-hydrogen) atoms. The van der Waals surface area contributed by atoms with E-state index in [0.717, 1.165) is 11.1 Å². The zero-order valence-corrected chi connectivity index (χ0v) is 18.5. The average molecular weight is 452 g/mol. The Hall–Kier alpha value is -3.96. The molecular weight excluding hydrogens is 430 g/mol. The Kier molecular flexibility index (Phi) is 5.63. The van der Waals surface area contributed by atoms with Crippen molar-refractivity contribution in [3.05, 3.63) is 133 Å². The van der Waals surface area contributed by atoms with Crippen LogP contribution < -0.4 is 0 Å². The van der Waals surface area contributed by atoms with Crippen LogP contribution in [0.15, 0.2) is 131 Å². The van der Waals surface area contributed by atoms with Crippen LogP contribution >= 0.6 is 0 Å². The molecule has 0 fully saturated rings. The van der Waals surface area contributed by atoms with Crippen molar-refractivity contribution in [1.82, 2.24) is 4.98 Å². The van der Waals surface area contributed by atoms with Crippen molar-refractivity contribution < 1.29 is 12.8 Å². The van der Waals surface area contributed by atoms with E-state index in [0.29, 0.717) is 22.9 Å². The lowest BCUT2D eigenvalue weighted by atomic mass is 10.0. The van der Waals surface area contributed by atoms with E-state index in [4.69, 9.17) is 9.40 Å². The van der Waals surface area contributed by atoms with Gasteiger partial charge in [0.15, 0.2) is 20.8 Å². The van der Waals surface area contributed by atoms with E-state index in [1.54, 1.807) is 30.3 Å². The fourth-order valence-electron chi connectivity index (χ4n) is 3.86. The highest BCUT2D eigenvalue weighted by Gasteiger charge is 2.37. The summed E-state index contributed by atoms with van der Waals surface area (Å²) in [5.41, 5.74) is 2.71. The van der Waals surface area contributed by atoms with Crippen molar-refractivity contribution in [2.45, 2.75) is 10.1 Å². The molecule has 0 bridgehead atoms. The summed E-state index contributed by atoms with van der Waals surface area (Å²) >= 11 is 0. The Labute approximate surface area is 193 Å². The number of benzene rings is 4. The zero-order chi connectivity index (χ0) is 22.7. The van der Waals surface area contributed by atoms with Gasteiger partial charge in [0.2, 0.25) is 5.89 Å². The summed E-state index contributed by atoms with van der Waals surface area (Å²) in [6.45, 7) is 0. The first kappa shape index (κ1) is 20.9. The molecule has 0 aliphatic carbocycles. The maximum Gasteiger partial charge on any atom is 0.226 e. The van der Waals surface area contributed by atoms with Crippen LogP contribution in [0.3, 0.4) is 0 Å². The average Bonchev–Trinajstić information content (AvgIpc) is 3.31. The molecule has 0 spiro atoms. The lowest BCUT2D eigenvalue weighted by Crippen LogP contribution is -2.15. The quantitative estimate of drug-likeness (QED) is 0.293. The molecule has 1 aromatic heterocycles. The van der Waals surface area contributed by atoms with Gasteiger partial charge in [-0.15, -0.1) is 0 Å². The van der Waals surface area contributed by atoms with Crippen molar-refractivity contribution in [2.24, 2.45) is 0 Å². The summed E-state index contributed by atoms with van der Waals surface area (Å²) in [5.74, 6) is 0.684. The normalized spacial score (nSPS) is 12.4. The maximum atomic E-state index is 14.0. The molecule has 5 aromatic rings. The molecule has 5 heteroatoms. The van der Waals surface area contributed by atoms with Crippen LogP contribution in [0.1, 0.15) is 16.6 Å². The summed E-state index contributed by atoms with van der Waals surface area (Å²) in [7, 11) is -3.84. The first-order chi connectivity index (χ1) is 16.1. The van der Waals surface area contributed by atoms with E-state index in [1.807, 2.05) is 91.0 Å². The molecule has 0 N–H and O–H groups in total. The molecule has 0 radical (unpaired) electrons. The van der Waals surface area contributed by atoms with Gasteiger partial charge in [-0.25, -0.2) is 13.4 Å². The van der Waals surface area contributed by atoms with Crippen LogP contribution in [0.2, 0.25) is 0 Å². The fraction of sp³-hybridized carbons (Fsp3) is 0.0357. The van der Waals surface area contributed by atoms with Gasteiger partial charge in [0.05, 0.1) is 4.90 Å². The van der Waals surface area contributed by atoms with Crippen LogP contribution in [0.4, 0.5) is 0 Å². The van der Waals surface area contributed by atoms with Crippen molar-refractivity contribution in [3.63, 3.8) is 0 Å². The van der Waals surface area contributed by atoms with Gasteiger partial charge in [-0.1, -0.05) is 97.1 Å². The van der Waals surface area contributed by atoms with Gasteiger partial charge in [0.25, 0.3) is 0 Å². The summed E-state index contributed by atoms with van der Waals surface area (Å²) in [6, 6.07) is 36.7. The number of sulfone groups is 1. The minimum Gasteiger partial charge on any atom is -0.439 e. The second-order valence-electron chi connectivity index (χ2n) is 7.61. The SMILES string of the molecule is O=S(=O)(c1ccccc1)C(c1ccccc1)c1oc(-c2ccccc2)nc1-c1ccccc1. The Morgan fingerprint density at radius 3 is 1.67 bits per heavy atom. The molecule has 4 aromatic carbocycles. The van der Waals surface area contributed by atoms with E-state index >= 15 is 0 Å². The van der Waals surface area contributed by atoms with Crippen molar-refractivity contribution >= 4 is 9.84 Å². The summed E-state index contributed by atoms with van der Waals surface area (Å²) in [4.78, 5) is 5.01. The minimum atomic E-state index is -3.84. The van der Waals surface area contributed by atoms with Crippen LogP contribution in [-0.2, 0) is 9.84 Å². The first-order valence-corrected chi connectivity index (χ1v) is 12.1. The highest BCUT2D eigenvalue weighted by Crippen LogP contribution is 2.41. The molecule has 0 saturated heterocycles. The molecule has 0 saturated carbocycles. The topological polar surface area (TPSA) is 60.2 Å². The van der Waals surface area contributed by atoms with Crippen molar-refractivity contribution in [2.75, 3.05) is 0 Å². The van der Waals surface area contributed by atoms with Crippen LogP contribution in [0, 0.1) is 0 Å². The van der Waals surface area contributed by atoms with Gasteiger partial charge in [0, 0.05) is 11.1 Å². The Morgan fingerprint density at radius 2 is 1.09 bits per heavy atom. The number of hydrogen-bond donors (Lipinski definition) is 0. The molecule has 4 nitrogen and oxygen atoms in total. The molecule has 162 valence electrons. The van der Waals surface area contributed by atoms with E-state index in [2.05, 4.69) is 0 Å². The van der Waals surface area contributed by atoms with Gasteiger partial charge < -0.3 is 4.42 Å². The highest BCUT2D eigenvalue weighted by atomic mass is 32.2. The Morgan fingerprint density at radius 1 is 0.606 bits per heavy atom. The first-order valence-electron chi connectivity index (χ1n) is 10.6. The van der Waals surface area contributed by atoms with Gasteiger partial charge >= 0.3 is 0 Å². The van der Waals surface area contributed by atoms with Gasteiger partial charge in [-0.05, 0) is 29.8 Å². The molecule has 0 aliphatic rings. The summed E-state index contributed by atoms with van der Waals surface area (Å²) in [6.07, 6.45) is 0. The van der Waals surface area contributed by atoms with Gasteiger partial charge in [-0.3, -0.25) is 0 Å². The predicted molar refractivity (Wildman–Crippen MR) is 129 cm³/mol. The van der Waals surface area contributed by atoms with Crippen molar-refractivity contribution in [3.8, 4) is 22.7 Å². The summed E-state index contributed by atoms with van der Waals surface area (Å²) < 4.78 is 34.2. The number of aromatic nitrogens is 1. The van der Waals surface area contributed by atoms with Gasteiger partial charge in [-0.2, -0.15) is 0 Å². The molecule has 1 heterocycles. The lowest BCUT2D eigenvalue weighted by molar-refractivity contribution is 0.513. The van der Waals surface area contributed by atoms with E-state index in [1.165, 1.54) is 0 Å². The standard InChI is InChI=1S/C28H21NO3S/c30-33(31,24-19-11-4-12-20-24)27(22-15-7-2-8-16-22)26-25(21-13-5-1-6-14-21)29-28(32-26)23-17-9-3-10-18-23/h1-20,27H. The summed E-state index contributed by atoms with van der Waals surface area (Å²) in [5, 5.41) is -1.05. The lowest BCUT2D eigenvalue weighted by Gasteiger charge is -2.17.